The Morgan fingerprint density at radius 2 is 1.89 bits per heavy atom. The van der Waals surface area contributed by atoms with Gasteiger partial charge in [0, 0.05) is 0 Å². The van der Waals surface area contributed by atoms with Crippen LogP contribution in [0.3, 0.4) is 0 Å². The quantitative estimate of drug-likeness (QED) is 0.605. The Balaban J connectivity index is 3.54. The van der Waals surface area contributed by atoms with Crippen LogP contribution in [0.15, 0.2) is 21.5 Å². The van der Waals surface area contributed by atoms with E-state index in [1.54, 1.807) is 0 Å². The van der Waals surface area contributed by atoms with Crippen molar-refractivity contribution in [2.75, 3.05) is 6.61 Å². The molecule has 0 aliphatic heterocycles. The van der Waals surface area contributed by atoms with Crippen LogP contribution in [-0.2, 0) is 10.2 Å². The third-order valence-electron chi connectivity index (χ3n) is 1.79. The van der Waals surface area contributed by atoms with E-state index in [2.05, 4.69) is 20.7 Å². The average molecular weight is 367 g/mol. The number of alkyl halides is 3. The Morgan fingerprint density at radius 1 is 1.32 bits per heavy atom. The van der Waals surface area contributed by atoms with Crippen molar-refractivity contribution in [2.24, 2.45) is 0 Å². The number of hydrogen-bond donors (Lipinski definition) is 0. The molecule has 0 aliphatic carbocycles. The molecule has 0 bridgehead atoms. The van der Waals surface area contributed by atoms with E-state index in [0.717, 1.165) is 12.1 Å². The normalized spacial score (nSPS) is 12.3. The highest BCUT2D eigenvalue weighted by atomic mass is 79.9. The summed E-state index contributed by atoms with van der Waals surface area (Å²) in [5.41, 5.74) is 0. The highest BCUT2D eigenvalue weighted by Gasteiger charge is 2.37. The lowest BCUT2D eigenvalue weighted by molar-refractivity contribution is -0.275. The van der Waals surface area contributed by atoms with Crippen LogP contribution in [0.2, 0.25) is 0 Å². The smallest absolute Gasteiger partial charge is 0.492 e. The zero-order chi connectivity index (χ0) is 14.8. The van der Waals surface area contributed by atoms with Gasteiger partial charge in [0.15, 0.2) is 10.6 Å². The van der Waals surface area contributed by atoms with Crippen molar-refractivity contribution in [3.05, 3.63) is 16.6 Å². The molecular weight excluding hydrogens is 360 g/mol. The van der Waals surface area contributed by atoms with Crippen LogP contribution in [-0.4, -0.2) is 21.4 Å². The summed E-state index contributed by atoms with van der Waals surface area (Å²) in [5, 5.41) is 0. The van der Waals surface area contributed by atoms with E-state index >= 15 is 0 Å². The van der Waals surface area contributed by atoms with E-state index in [1.165, 1.54) is 6.92 Å². The molecule has 0 unspecified atom stereocenters. The van der Waals surface area contributed by atoms with Gasteiger partial charge < -0.3 is 9.47 Å². The molecule has 19 heavy (non-hydrogen) atoms. The van der Waals surface area contributed by atoms with E-state index in [9.17, 15) is 25.5 Å². The van der Waals surface area contributed by atoms with Gasteiger partial charge in [-0.1, -0.05) is 0 Å². The van der Waals surface area contributed by atoms with Crippen molar-refractivity contribution in [3.63, 3.8) is 0 Å². The molecule has 1 rings (SSSR count). The molecule has 108 valence electrons. The molecule has 0 spiro atoms. The molecule has 0 amide bonds. The summed E-state index contributed by atoms with van der Waals surface area (Å²) in [7, 11) is -5.46. The van der Waals surface area contributed by atoms with Gasteiger partial charge in [-0.25, -0.2) is 0 Å². The lowest BCUT2D eigenvalue weighted by atomic mass is 10.3. The first-order chi connectivity index (χ1) is 8.56. The molecule has 0 radical (unpaired) electrons. The van der Waals surface area contributed by atoms with Crippen molar-refractivity contribution in [1.82, 2.24) is 0 Å². The Bertz CT molecular complexity index is 570. The third kappa shape index (κ3) is 4.23. The van der Waals surface area contributed by atoms with Crippen molar-refractivity contribution in [3.8, 4) is 11.5 Å². The Hall–Kier alpha value is -1.03. The van der Waals surface area contributed by atoms with Gasteiger partial charge in [-0.3, -0.25) is 0 Å². The maximum Gasteiger partial charge on any atom is 0.573 e. The first kappa shape index (κ1) is 16.0. The highest BCUT2D eigenvalue weighted by molar-refractivity contribution is 9.10. The molecule has 0 fully saturated rings. The van der Waals surface area contributed by atoms with Crippen LogP contribution in [0.5, 0.6) is 11.5 Å². The van der Waals surface area contributed by atoms with Crippen LogP contribution < -0.4 is 9.47 Å². The minimum absolute atomic E-state index is 0.0599. The zero-order valence-electron chi connectivity index (χ0n) is 9.29. The van der Waals surface area contributed by atoms with Crippen LogP contribution in [0.1, 0.15) is 6.92 Å². The predicted molar refractivity (Wildman–Crippen MR) is 60.3 cm³/mol. The number of halogens is 5. The summed E-state index contributed by atoms with van der Waals surface area (Å²) in [6, 6.07) is 2.07. The second kappa shape index (κ2) is 5.53. The standard InChI is InChI=1S/C9H7BrF4O4S/c1-2-17-6-4-3-5(10)7(18-9(11,12)13)8(6)19(14,15)16/h3-4H,2H2,1H3. The molecule has 0 atom stereocenters. The lowest BCUT2D eigenvalue weighted by Crippen LogP contribution is -2.19. The van der Waals surface area contributed by atoms with E-state index in [0.29, 0.717) is 0 Å². The molecule has 0 aromatic heterocycles. The zero-order valence-corrected chi connectivity index (χ0v) is 11.7. The molecule has 4 nitrogen and oxygen atoms in total. The Kier molecular flexibility index (Phi) is 4.67. The Morgan fingerprint density at radius 3 is 2.32 bits per heavy atom. The number of rotatable bonds is 4. The average Bonchev–Trinajstić information content (AvgIpc) is 2.19. The van der Waals surface area contributed by atoms with E-state index in [1.807, 2.05) is 0 Å². The number of ether oxygens (including phenoxy) is 2. The minimum atomic E-state index is -5.46. The molecule has 0 heterocycles. The van der Waals surface area contributed by atoms with Crippen LogP contribution in [0, 0.1) is 0 Å². The molecule has 0 aliphatic rings. The van der Waals surface area contributed by atoms with Gasteiger partial charge in [0.1, 0.15) is 5.75 Å². The maximum absolute atomic E-state index is 13.1. The molecule has 0 saturated heterocycles. The van der Waals surface area contributed by atoms with Crippen LogP contribution in [0.25, 0.3) is 0 Å². The molecule has 0 saturated carbocycles. The van der Waals surface area contributed by atoms with Gasteiger partial charge in [-0.15, -0.1) is 17.1 Å². The molecule has 0 N–H and O–H groups in total. The predicted octanol–water partition coefficient (Wildman–Crippen LogP) is 3.40. The van der Waals surface area contributed by atoms with Crippen LogP contribution >= 0.6 is 15.9 Å². The largest absolute Gasteiger partial charge is 0.573 e. The fraction of sp³-hybridized carbons (Fsp3) is 0.333. The Labute approximate surface area is 114 Å². The summed E-state index contributed by atoms with van der Waals surface area (Å²) < 4.78 is 79.7. The minimum Gasteiger partial charge on any atom is -0.492 e. The van der Waals surface area contributed by atoms with Crippen molar-refractivity contribution >= 4 is 26.2 Å². The molecular formula is C9H7BrF4O4S. The van der Waals surface area contributed by atoms with E-state index in [-0.39, 0.29) is 11.1 Å². The van der Waals surface area contributed by atoms with Gasteiger partial charge in [0.25, 0.3) is 0 Å². The summed E-state index contributed by atoms with van der Waals surface area (Å²) in [6.07, 6.45) is -5.17. The SMILES string of the molecule is CCOc1ccc(Br)c(OC(F)(F)F)c1S(=O)(=O)F. The van der Waals surface area contributed by atoms with Crippen molar-refractivity contribution in [2.45, 2.75) is 18.2 Å². The first-order valence-electron chi connectivity index (χ1n) is 4.72. The second-order valence-corrected chi connectivity index (χ2v) is 5.26. The maximum atomic E-state index is 13.1. The van der Waals surface area contributed by atoms with Crippen molar-refractivity contribution in [1.29, 1.82) is 0 Å². The second-order valence-electron chi connectivity index (χ2n) is 3.12. The third-order valence-corrected chi connectivity index (χ3v) is 3.29. The fourth-order valence-electron chi connectivity index (χ4n) is 1.23. The van der Waals surface area contributed by atoms with Crippen molar-refractivity contribution < 1.29 is 34.9 Å². The summed E-state index contributed by atoms with van der Waals surface area (Å²) >= 11 is 2.67. The topological polar surface area (TPSA) is 52.6 Å². The van der Waals surface area contributed by atoms with Crippen LogP contribution in [0.4, 0.5) is 17.1 Å². The van der Waals surface area contributed by atoms with E-state index < -0.39 is 33.0 Å². The summed E-state index contributed by atoms with van der Waals surface area (Å²) in [4.78, 5) is -1.30. The molecule has 10 heteroatoms. The summed E-state index contributed by atoms with van der Waals surface area (Å²) in [6.45, 7) is 1.40. The highest BCUT2D eigenvalue weighted by Crippen LogP contribution is 2.42. The van der Waals surface area contributed by atoms with Gasteiger partial charge in [0.2, 0.25) is 0 Å². The molecule has 1 aromatic carbocycles. The monoisotopic (exact) mass is 366 g/mol. The van der Waals surface area contributed by atoms with E-state index in [4.69, 9.17) is 4.74 Å². The van der Waals surface area contributed by atoms with Gasteiger partial charge in [-0.05, 0) is 35.0 Å². The molecule has 1 aromatic rings. The van der Waals surface area contributed by atoms with Gasteiger partial charge in [0.05, 0.1) is 11.1 Å². The number of benzene rings is 1. The first-order valence-corrected chi connectivity index (χ1v) is 6.89. The van der Waals surface area contributed by atoms with Gasteiger partial charge >= 0.3 is 16.6 Å². The number of hydrogen-bond acceptors (Lipinski definition) is 4. The fourth-order valence-corrected chi connectivity index (χ4v) is 2.51. The summed E-state index contributed by atoms with van der Waals surface area (Å²) in [5.74, 6) is -1.77. The lowest BCUT2D eigenvalue weighted by Gasteiger charge is -2.15. The van der Waals surface area contributed by atoms with Gasteiger partial charge in [-0.2, -0.15) is 8.42 Å².